The molecule has 0 aliphatic carbocycles. The number of nitrogens with one attached hydrogen (secondary N) is 1. The molecule has 4 amide bonds. The van der Waals surface area contributed by atoms with Crippen LogP contribution in [0, 0.1) is 13.8 Å². The fraction of sp³-hybridized carbons (Fsp3) is 0.148. The normalized spacial score (nSPS) is 14.9. The number of amides is 4. The zero-order chi connectivity index (χ0) is 25.3. The Hall–Kier alpha value is -3.23. The van der Waals surface area contributed by atoms with E-state index >= 15 is 0 Å². The first-order chi connectivity index (χ1) is 16.7. The van der Waals surface area contributed by atoms with Crippen molar-refractivity contribution in [2.45, 2.75) is 20.3 Å². The van der Waals surface area contributed by atoms with Gasteiger partial charge in [-0.15, -0.1) is 0 Å². The zero-order valence-corrected chi connectivity index (χ0v) is 22.5. The molecule has 0 radical (unpaired) electrons. The smallest absolute Gasteiger partial charge is 0.335 e. The van der Waals surface area contributed by atoms with Gasteiger partial charge in [-0.3, -0.25) is 14.9 Å². The van der Waals surface area contributed by atoms with Crippen LogP contribution in [-0.4, -0.2) is 25.0 Å². The Morgan fingerprint density at radius 3 is 2.43 bits per heavy atom. The van der Waals surface area contributed by atoms with E-state index in [1.54, 1.807) is 25.3 Å². The van der Waals surface area contributed by atoms with Crippen LogP contribution in [0.4, 0.5) is 10.5 Å². The minimum atomic E-state index is -0.770. The molecule has 35 heavy (non-hydrogen) atoms. The first kappa shape index (κ1) is 24.9. The number of barbiturate groups is 1. The van der Waals surface area contributed by atoms with E-state index in [1.165, 1.54) is 6.08 Å². The minimum Gasteiger partial charge on any atom is -0.496 e. The second-order valence-electron chi connectivity index (χ2n) is 8.13. The lowest BCUT2D eigenvalue weighted by molar-refractivity contribution is -0.122. The molecule has 1 fully saturated rings. The molecule has 4 rings (SSSR count). The largest absolute Gasteiger partial charge is 0.496 e. The number of imide groups is 2. The van der Waals surface area contributed by atoms with Gasteiger partial charge in [0, 0.05) is 20.9 Å². The first-order valence-corrected chi connectivity index (χ1v) is 12.4. The summed E-state index contributed by atoms with van der Waals surface area (Å²) < 4.78 is 7.39. The van der Waals surface area contributed by atoms with Gasteiger partial charge in [-0.1, -0.05) is 62.2 Å². The number of carbonyl (C=O) groups excluding carboxylic acids is 3. The fourth-order valence-electron chi connectivity index (χ4n) is 3.92. The predicted molar refractivity (Wildman–Crippen MR) is 143 cm³/mol. The fourth-order valence-corrected chi connectivity index (χ4v) is 4.95. The number of hydrogen-bond acceptors (Lipinski definition) is 4. The van der Waals surface area contributed by atoms with E-state index in [0.29, 0.717) is 23.4 Å². The molecule has 1 N–H and O–H groups in total. The maximum absolute atomic E-state index is 13.3. The average Bonchev–Trinajstić information content (AvgIpc) is 2.82. The molecule has 3 aromatic carbocycles. The number of rotatable bonds is 5. The Labute approximate surface area is 220 Å². The molecule has 0 atom stereocenters. The molecule has 1 heterocycles. The number of ether oxygens (including phenoxy) is 1. The Bertz CT molecular complexity index is 1400. The Balaban J connectivity index is 1.73. The van der Waals surface area contributed by atoms with Gasteiger partial charge in [-0.2, -0.15) is 0 Å². The van der Waals surface area contributed by atoms with Crippen LogP contribution in [-0.2, 0) is 16.0 Å². The molecule has 8 heteroatoms. The topological polar surface area (TPSA) is 75.7 Å². The summed E-state index contributed by atoms with van der Waals surface area (Å²) in [7, 11) is 1.57. The van der Waals surface area contributed by atoms with Crippen LogP contribution in [0.5, 0.6) is 5.75 Å². The molecule has 1 saturated heterocycles. The summed E-state index contributed by atoms with van der Waals surface area (Å²) in [4.78, 5) is 39.6. The number of carbonyl (C=O) groups is 3. The standard InChI is InChI=1S/C27H22Br2N2O4/c1-15-7-6-10-23(16(15)2)31-26(33)20(25(32)30-27(31)34)11-17-12-22(29)19(24(13-17)35-3)14-18-8-4-5-9-21(18)28/h4-13H,14H2,1-3H3,(H,30,32,34)/b20-11+. The first-order valence-electron chi connectivity index (χ1n) is 10.8. The summed E-state index contributed by atoms with van der Waals surface area (Å²) in [6.07, 6.45) is 2.08. The van der Waals surface area contributed by atoms with Crippen molar-refractivity contribution in [3.8, 4) is 5.75 Å². The van der Waals surface area contributed by atoms with Crippen LogP contribution in [0.2, 0.25) is 0 Å². The third kappa shape index (κ3) is 4.94. The molecule has 0 saturated carbocycles. The summed E-state index contributed by atoms with van der Waals surface area (Å²) >= 11 is 7.19. The van der Waals surface area contributed by atoms with E-state index in [2.05, 4.69) is 37.2 Å². The lowest BCUT2D eigenvalue weighted by Crippen LogP contribution is -2.54. The molecule has 0 spiro atoms. The SMILES string of the molecule is COc1cc(/C=C2\C(=O)NC(=O)N(c3cccc(C)c3C)C2=O)cc(Br)c1Cc1ccccc1Br. The van der Waals surface area contributed by atoms with Crippen molar-refractivity contribution in [2.24, 2.45) is 0 Å². The van der Waals surface area contributed by atoms with Gasteiger partial charge in [0.15, 0.2) is 0 Å². The molecule has 178 valence electrons. The van der Waals surface area contributed by atoms with E-state index in [1.807, 2.05) is 50.2 Å². The molecule has 1 aliphatic heterocycles. The van der Waals surface area contributed by atoms with Crippen LogP contribution >= 0.6 is 31.9 Å². The predicted octanol–water partition coefficient (Wildman–Crippen LogP) is 6.09. The van der Waals surface area contributed by atoms with Crippen molar-refractivity contribution < 1.29 is 19.1 Å². The number of halogens is 2. The second-order valence-corrected chi connectivity index (χ2v) is 9.84. The lowest BCUT2D eigenvalue weighted by atomic mass is 10.00. The van der Waals surface area contributed by atoms with Gasteiger partial charge in [0.2, 0.25) is 0 Å². The maximum Gasteiger partial charge on any atom is 0.335 e. The molecule has 0 bridgehead atoms. The van der Waals surface area contributed by atoms with Gasteiger partial charge in [-0.25, -0.2) is 9.69 Å². The average molecular weight is 598 g/mol. The number of hydrogen-bond donors (Lipinski definition) is 1. The van der Waals surface area contributed by atoms with Crippen LogP contribution in [0.1, 0.15) is 27.8 Å². The van der Waals surface area contributed by atoms with E-state index in [9.17, 15) is 14.4 Å². The summed E-state index contributed by atoms with van der Waals surface area (Å²) in [5.41, 5.74) is 4.60. The van der Waals surface area contributed by atoms with E-state index in [4.69, 9.17) is 4.74 Å². The van der Waals surface area contributed by atoms with Gasteiger partial charge in [0.05, 0.1) is 12.8 Å². The van der Waals surface area contributed by atoms with E-state index in [0.717, 1.165) is 36.1 Å². The summed E-state index contributed by atoms with van der Waals surface area (Å²) in [6, 6.07) is 16.1. The number of aryl methyl sites for hydroxylation is 1. The number of urea groups is 1. The third-order valence-corrected chi connectivity index (χ3v) is 7.43. The van der Waals surface area contributed by atoms with Crippen molar-refractivity contribution in [1.82, 2.24) is 5.32 Å². The van der Waals surface area contributed by atoms with Crippen molar-refractivity contribution >= 4 is 61.5 Å². The van der Waals surface area contributed by atoms with Crippen molar-refractivity contribution in [3.63, 3.8) is 0 Å². The van der Waals surface area contributed by atoms with Crippen LogP contribution in [0.25, 0.3) is 6.08 Å². The molecule has 6 nitrogen and oxygen atoms in total. The number of methoxy groups -OCH3 is 1. The van der Waals surface area contributed by atoms with Gasteiger partial charge in [0.25, 0.3) is 11.8 Å². The third-order valence-electron chi connectivity index (χ3n) is 5.95. The van der Waals surface area contributed by atoms with Gasteiger partial charge in [-0.05, 0) is 66.4 Å². The molecule has 3 aromatic rings. The van der Waals surface area contributed by atoms with Gasteiger partial charge < -0.3 is 4.74 Å². The molecule has 0 aromatic heterocycles. The van der Waals surface area contributed by atoms with Crippen molar-refractivity contribution in [3.05, 3.63) is 96.9 Å². The van der Waals surface area contributed by atoms with Gasteiger partial charge >= 0.3 is 6.03 Å². The van der Waals surface area contributed by atoms with Crippen molar-refractivity contribution in [2.75, 3.05) is 12.0 Å². The van der Waals surface area contributed by atoms with Crippen LogP contribution in [0.15, 0.2) is 69.1 Å². The highest BCUT2D eigenvalue weighted by atomic mass is 79.9. The summed E-state index contributed by atoms with van der Waals surface area (Å²) in [5.74, 6) is -0.818. The lowest BCUT2D eigenvalue weighted by Gasteiger charge is -2.28. The quantitative estimate of drug-likeness (QED) is 0.285. The molecule has 1 aliphatic rings. The Morgan fingerprint density at radius 1 is 0.971 bits per heavy atom. The van der Waals surface area contributed by atoms with Crippen molar-refractivity contribution in [1.29, 1.82) is 0 Å². The van der Waals surface area contributed by atoms with E-state index in [-0.39, 0.29) is 5.57 Å². The molecule has 0 unspecified atom stereocenters. The maximum atomic E-state index is 13.3. The molecular weight excluding hydrogens is 576 g/mol. The number of anilines is 1. The second kappa shape index (κ2) is 10.2. The van der Waals surface area contributed by atoms with Crippen LogP contribution < -0.4 is 15.0 Å². The monoisotopic (exact) mass is 596 g/mol. The van der Waals surface area contributed by atoms with Crippen LogP contribution in [0.3, 0.4) is 0 Å². The summed E-state index contributed by atoms with van der Waals surface area (Å²) in [5, 5.41) is 2.28. The highest BCUT2D eigenvalue weighted by Crippen LogP contribution is 2.34. The zero-order valence-electron chi connectivity index (χ0n) is 19.3. The highest BCUT2D eigenvalue weighted by Gasteiger charge is 2.37. The molecular formula is C27H22Br2N2O4. The van der Waals surface area contributed by atoms with Gasteiger partial charge in [0.1, 0.15) is 11.3 Å². The highest BCUT2D eigenvalue weighted by molar-refractivity contribution is 9.10. The minimum absolute atomic E-state index is 0.141. The Morgan fingerprint density at radius 2 is 1.71 bits per heavy atom. The Kier molecular flexibility index (Phi) is 7.23. The number of benzene rings is 3. The summed E-state index contributed by atoms with van der Waals surface area (Å²) in [6.45, 7) is 3.73. The number of nitrogens with zero attached hydrogens (tertiary/aromatic N) is 1. The van der Waals surface area contributed by atoms with E-state index < -0.39 is 17.8 Å².